The Morgan fingerprint density at radius 2 is 1.36 bits per heavy atom. The molecular weight excluding hydrogens is 346 g/mol. The number of nitrogens with one attached hydrogen (secondary N) is 2. The molecule has 0 aromatic heterocycles. The second kappa shape index (κ2) is 9.86. The zero-order valence-electron chi connectivity index (χ0n) is 15.8. The number of hydrogen-bond acceptors (Lipinski definition) is 6. The lowest BCUT2D eigenvalue weighted by molar-refractivity contribution is -0.133. The van der Waals surface area contributed by atoms with Crippen LogP contribution in [0.5, 0.6) is 0 Å². The fourth-order valence-corrected chi connectivity index (χ4v) is 2.93. The Morgan fingerprint density at radius 1 is 0.920 bits per heavy atom. The molecule has 3 atom stereocenters. The summed E-state index contributed by atoms with van der Waals surface area (Å²) >= 11 is 0. The molecule has 0 aliphatic heterocycles. The van der Waals surface area contributed by atoms with E-state index in [9.17, 15) is 22.8 Å². The molecule has 8 nitrogen and oxygen atoms in total. The van der Waals surface area contributed by atoms with Gasteiger partial charge in [0, 0.05) is 6.26 Å². The average molecular weight is 378 g/mol. The summed E-state index contributed by atoms with van der Waals surface area (Å²) in [7, 11) is -3.23. The molecule has 146 valence electrons. The van der Waals surface area contributed by atoms with Crippen LogP contribution in [0.4, 0.5) is 0 Å². The van der Waals surface area contributed by atoms with Crippen molar-refractivity contribution in [1.82, 2.24) is 10.6 Å². The van der Waals surface area contributed by atoms with Gasteiger partial charge in [-0.25, -0.2) is 8.42 Å². The lowest BCUT2D eigenvalue weighted by atomic mass is 9.98. The van der Waals surface area contributed by atoms with E-state index in [2.05, 4.69) is 10.6 Å². The van der Waals surface area contributed by atoms with Crippen LogP contribution in [0.25, 0.3) is 0 Å². The van der Waals surface area contributed by atoms with Crippen molar-refractivity contribution in [3.63, 3.8) is 0 Å². The van der Waals surface area contributed by atoms with E-state index in [1.54, 1.807) is 13.8 Å². The van der Waals surface area contributed by atoms with Gasteiger partial charge in [-0.2, -0.15) is 0 Å². The van der Waals surface area contributed by atoms with Crippen LogP contribution in [0.2, 0.25) is 0 Å². The highest BCUT2D eigenvalue weighted by Gasteiger charge is 2.30. The highest BCUT2D eigenvalue weighted by molar-refractivity contribution is 7.90. The van der Waals surface area contributed by atoms with E-state index in [1.165, 1.54) is 6.92 Å². The molecule has 0 aliphatic carbocycles. The number of carbonyl (C=O) groups is 3. The van der Waals surface area contributed by atoms with Crippen molar-refractivity contribution < 1.29 is 22.8 Å². The predicted molar refractivity (Wildman–Crippen MR) is 96.5 cm³/mol. The molecule has 4 N–H and O–H groups in total. The first-order chi connectivity index (χ1) is 11.3. The summed E-state index contributed by atoms with van der Waals surface area (Å²) in [5.74, 6) is -1.75. The van der Waals surface area contributed by atoms with Gasteiger partial charge in [0.25, 0.3) is 0 Å². The van der Waals surface area contributed by atoms with Gasteiger partial charge in [0.15, 0.2) is 5.78 Å². The number of amides is 2. The smallest absolute Gasteiger partial charge is 0.243 e. The molecule has 9 heteroatoms. The summed E-state index contributed by atoms with van der Waals surface area (Å²) in [6.45, 7) is 8.54. The van der Waals surface area contributed by atoms with E-state index >= 15 is 0 Å². The SMILES string of the molecule is CC(=O)C(NC(=O)C(NC(=O)C(N)CCS(C)(=O)=O)C(C)C)C(C)C. The van der Waals surface area contributed by atoms with Crippen molar-refractivity contribution in [3.05, 3.63) is 0 Å². The maximum absolute atomic E-state index is 12.5. The molecular formula is C16H31N3O5S. The topological polar surface area (TPSA) is 135 Å². The summed E-state index contributed by atoms with van der Waals surface area (Å²) in [6.07, 6.45) is 1.04. The molecule has 2 amide bonds. The summed E-state index contributed by atoms with van der Waals surface area (Å²) in [6, 6.07) is -2.53. The minimum Gasteiger partial charge on any atom is -0.344 e. The summed E-state index contributed by atoms with van der Waals surface area (Å²) < 4.78 is 22.3. The zero-order valence-corrected chi connectivity index (χ0v) is 16.6. The van der Waals surface area contributed by atoms with Gasteiger partial charge in [0.2, 0.25) is 11.8 Å². The molecule has 0 radical (unpaired) electrons. The molecule has 0 saturated carbocycles. The van der Waals surface area contributed by atoms with Crippen molar-refractivity contribution >= 4 is 27.4 Å². The van der Waals surface area contributed by atoms with Crippen LogP contribution in [0, 0.1) is 11.8 Å². The van der Waals surface area contributed by atoms with Crippen LogP contribution in [-0.2, 0) is 24.2 Å². The Morgan fingerprint density at radius 3 is 1.72 bits per heavy atom. The monoisotopic (exact) mass is 377 g/mol. The molecule has 0 aromatic rings. The second-order valence-corrected chi connectivity index (χ2v) is 9.36. The van der Waals surface area contributed by atoms with E-state index in [4.69, 9.17) is 5.73 Å². The van der Waals surface area contributed by atoms with E-state index < -0.39 is 39.8 Å². The van der Waals surface area contributed by atoms with Gasteiger partial charge in [-0.05, 0) is 25.2 Å². The minimum absolute atomic E-state index is 0.0286. The van der Waals surface area contributed by atoms with Gasteiger partial charge < -0.3 is 16.4 Å². The average Bonchev–Trinajstić information content (AvgIpc) is 2.45. The molecule has 0 bridgehead atoms. The number of sulfone groups is 1. The Bertz CT molecular complexity index is 587. The summed E-state index contributed by atoms with van der Waals surface area (Å²) in [5, 5.41) is 5.21. The van der Waals surface area contributed by atoms with Crippen LogP contribution in [0.1, 0.15) is 41.0 Å². The molecule has 0 spiro atoms. The lowest BCUT2D eigenvalue weighted by Gasteiger charge is -2.27. The second-order valence-electron chi connectivity index (χ2n) is 7.10. The van der Waals surface area contributed by atoms with Gasteiger partial charge in [-0.15, -0.1) is 0 Å². The molecule has 0 aromatic carbocycles. The number of ketones is 1. The standard InChI is InChI=1S/C16H31N3O5S/c1-9(2)13(11(5)20)18-16(22)14(10(3)4)19-15(21)12(17)7-8-25(6,23)24/h9-10,12-14H,7-8,17H2,1-6H3,(H,18,22)(H,19,21). The van der Waals surface area contributed by atoms with Gasteiger partial charge in [0.05, 0.1) is 17.8 Å². The third-order valence-corrected chi connectivity index (χ3v) is 4.76. The highest BCUT2D eigenvalue weighted by atomic mass is 32.2. The molecule has 0 rings (SSSR count). The first-order valence-electron chi connectivity index (χ1n) is 8.30. The van der Waals surface area contributed by atoms with E-state index in [0.29, 0.717) is 0 Å². The van der Waals surface area contributed by atoms with Gasteiger partial charge in [-0.3, -0.25) is 14.4 Å². The molecule has 0 fully saturated rings. The van der Waals surface area contributed by atoms with Crippen LogP contribution in [0.3, 0.4) is 0 Å². The molecule has 0 aliphatic rings. The zero-order chi connectivity index (χ0) is 19.9. The normalized spacial score (nSPS) is 15.6. The Hall–Kier alpha value is -1.48. The third-order valence-electron chi connectivity index (χ3n) is 3.79. The van der Waals surface area contributed by atoms with Crippen molar-refractivity contribution in [2.45, 2.75) is 59.2 Å². The van der Waals surface area contributed by atoms with Gasteiger partial charge in [0.1, 0.15) is 15.9 Å². The fourth-order valence-electron chi connectivity index (χ4n) is 2.25. The maximum atomic E-state index is 12.5. The largest absolute Gasteiger partial charge is 0.344 e. The number of Topliss-reactive ketones (excluding diaryl/α,β-unsaturated/α-hetero) is 1. The third kappa shape index (κ3) is 8.97. The molecule has 25 heavy (non-hydrogen) atoms. The van der Waals surface area contributed by atoms with Crippen molar-refractivity contribution in [2.24, 2.45) is 17.6 Å². The molecule has 0 saturated heterocycles. The Balaban J connectivity index is 4.97. The first-order valence-corrected chi connectivity index (χ1v) is 10.4. The number of nitrogens with two attached hydrogens (primary N) is 1. The summed E-state index contributed by atoms with van der Waals surface area (Å²) in [5.41, 5.74) is 5.71. The molecule has 3 unspecified atom stereocenters. The number of carbonyl (C=O) groups excluding carboxylic acids is 3. The van der Waals surface area contributed by atoms with Crippen molar-refractivity contribution in [2.75, 3.05) is 12.0 Å². The predicted octanol–water partition coefficient (Wildman–Crippen LogP) is -0.381. The van der Waals surface area contributed by atoms with Crippen LogP contribution >= 0.6 is 0 Å². The minimum atomic E-state index is -3.23. The first kappa shape index (κ1) is 23.5. The van der Waals surface area contributed by atoms with Crippen molar-refractivity contribution in [3.8, 4) is 0 Å². The lowest BCUT2D eigenvalue weighted by Crippen LogP contribution is -2.57. The summed E-state index contributed by atoms with van der Waals surface area (Å²) in [4.78, 5) is 36.3. The van der Waals surface area contributed by atoms with Gasteiger partial charge in [-0.1, -0.05) is 27.7 Å². The quantitative estimate of drug-likeness (QED) is 0.475. The van der Waals surface area contributed by atoms with Crippen molar-refractivity contribution in [1.29, 1.82) is 0 Å². The maximum Gasteiger partial charge on any atom is 0.243 e. The van der Waals surface area contributed by atoms with Crippen LogP contribution < -0.4 is 16.4 Å². The van der Waals surface area contributed by atoms with Gasteiger partial charge >= 0.3 is 0 Å². The number of rotatable bonds is 10. The molecule has 0 heterocycles. The van der Waals surface area contributed by atoms with Crippen LogP contribution in [-0.4, -0.2) is 56.1 Å². The van der Waals surface area contributed by atoms with E-state index in [0.717, 1.165) is 6.26 Å². The van der Waals surface area contributed by atoms with E-state index in [-0.39, 0.29) is 29.8 Å². The highest BCUT2D eigenvalue weighted by Crippen LogP contribution is 2.07. The Labute approximate surface area is 150 Å². The fraction of sp³-hybridized carbons (Fsp3) is 0.812. The Kier molecular flexibility index (Phi) is 9.28. The van der Waals surface area contributed by atoms with Crippen LogP contribution in [0.15, 0.2) is 0 Å². The van der Waals surface area contributed by atoms with E-state index in [1.807, 2.05) is 13.8 Å². The number of hydrogen-bond donors (Lipinski definition) is 3.